The summed E-state index contributed by atoms with van der Waals surface area (Å²) in [6, 6.07) is 4.24. The summed E-state index contributed by atoms with van der Waals surface area (Å²) in [6.45, 7) is 3.49. The van der Waals surface area contributed by atoms with Crippen molar-refractivity contribution in [2.24, 2.45) is 5.92 Å². The maximum absolute atomic E-state index is 12.2. The van der Waals surface area contributed by atoms with Crippen molar-refractivity contribution in [2.75, 3.05) is 25.0 Å². The number of rotatable bonds is 5. The van der Waals surface area contributed by atoms with Crippen LogP contribution < -0.4 is 5.32 Å². The largest absolute Gasteiger partial charge is 0.370 e. The van der Waals surface area contributed by atoms with Gasteiger partial charge < -0.3 is 10.2 Å². The van der Waals surface area contributed by atoms with E-state index in [1.165, 1.54) is 12.5 Å². The Morgan fingerprint density at radius 3 is 3.14 bits per heavy atom. The number of pyridine rings is 1. The lowest BCUT2D eigenvalue weighted by atomic mass is 9.99. The van der Waals surface area contributed by atoms with Gasteiger partial charge in [-0.15, -0.1) is 0 Å². The lowest BCUT2D eigenvalue weighted by Gasteiger charge is -2.18. The van der Waals surface area contributed by atoms with Crippen molar-refractivity contribution >= 4 is 17.5 Å². The Balaban J connectivity index is 1.57. The van der Waals surface area contributed by atoms with Gasteiger partial charge in [-0.2, -0.15) is 0 Å². The standard InChI is InChI=1S/C17H23N3O2/c1-12(21)11-20-10-8-14(17(20)22)5-7-15-6-4-13-3-2-9-18-16(13)19-15/h4,6,14H,2-3,5,7-11H2,1H3,(H,18,19)/t14-/m0/s1. The molecule has 0 radical (unpaired) electrons. The molecular formula is C17H23N3O2. The van der Waals surface area contributed by atoms with E-state index in [0.717, 1.165) is 50.2 Å². The van der Waals surface area contributed by atoms with Crippen LogP contribution >= 0.6 is 0 Å². The summed E-state index contributed by atoms with van der Waals surface area (Å²) >= 11 is 0. The molecule has 5 nitrogen and oxygen atoms in total. The number of aryl methyl sites for hydroxylation is 2. The third-order valence-electron chi connectivity index (χ3n) is 4.52. The zero-order chi connectivity index (χ0) is 15.5. The Bertz CT molecular complexity index is 585. The van der Waals surface area contributed by atoms with E-state index in [2.05, 4.69) is 22.4 Å². The van der Waals surface area contributed by atoms with Crippen LogP contribution in [0.1, 0.15) is 37.4 Å². The minimum Gasteiger partial charge on any atom is -0.370 e. The summed E-state index contributed by atoms with van der Waals surface area (Å²) in [5, 5.41) is 3.34. The number of anilines is 1. The molecule has 0 aromatic carbocycles. The maximum atomic E-state index is 12.2. The summed E-state index contributed by atoms with van der Waals surface area (Å²) < 4.78 is 0. The van der Waals surface area contributed by atoms with E-state index in [9.17, 15) is 9.59 Å². The molecule has 1 amide bonds. The van der Waals surface area contributed by atoms with Crippen molar-refractivity contribution in [3.05, 3.63) is 23.4 Å². The van der Waals surface area contributed by atoms with E-state index in [1.54, 1.807) is 4.90 Å². The quantitative estimate of drug-likeness (QED) is 0.901. The van der Waals surface area contributed by atoms with Gasteiger partial charge in [0.05, 0.1) is 6.54 Å². The van der Waals surface area contributed by atoms with E-state index in [1.807, 2.05) is 0 Å². The predicted octanol–water partition coefficient (Wildman–Crippen LogP) is 1.81. The van der Waals surface area contributed by atoms with Crippen LogP contribution in [-0.2, 0) is 22.4 Å². The highest BCUT2D eigenvalue weighted by Gasteiger charge is 2.31. The Morgan fingerprint density at radius 2 is 2.32 bits per heavy atom. The summed E-state index contributed by atoms with van der Waals surface area (Å²) in [5.74, 6) is 1.24. The number of carbonyl (C=O) groups excluding carboxylic acids is 2. The SMILES string of the molecule is CC(=O)CN1CC[C@H](CCc2ccc3c(n2)NCCC3)C1=O. The molecule has 5 heteroatoms. The molecule has 2 aliphatic heterocycles. The molecule has 1 aromatic heterocycles. The lowest BCUT2D eigenvalue weighted by Crippen LogP contribution is -2.31. The molecular weight excluding hydrogens is 278 g/mol. The zero-order valence-electron chi connectivity index (χ0n) is 13.1. The van der Waals surface area contributed by atoms with Crippen LogP contribution in [0.5, 0.6) is 0 Å². The number of nitrogens with one attached hydrogen (secondary N) is 1. The number of ketones is 1. The minimum atomic E-state index is 0.0464. The van der Waals surface area contributed by atoms with Crippen molar-refractivity contribution in [1.82, 2.24) is 9.88 Å². The molecule has 0 spiro atoms. The average Bonchev–Trinajstić information content (AvgIpc) is 2.85. The van der Waals surface area contributed by atoms with Gasteiger partial charge in [0.1, 0.15) is 11.6 Å². The zero-order valence-corrected chi connectivity index (χ0v) is 13.1. The number of aromatic nitrogens is 1. The highest BCUT2D eigenvalue weighted by Crippen LogP contribution is 2.24. The van der Waals surface area contributed by atoms with Crippen molar-refractivity contribution < 1.29 is 9.59 Å². The number of fused-ring (bicyclic) bond motifs is 1. The molecule has 3 rings (SSSR count). The van der Waals surface area contributed by atoms with Crippen LogP contribution in [0.25, 0.3) is 0 Å². The molecule has 1 fully saturated rings. The molecule has 1 atom stereocenters. The van der Waals surface area contributed by atoms with Crippen LogP contribution in [0.3, 0.4) is 0 Å². The fourth-order valence-corrected chi connectivity index (χ4v) is 3.33. The smallest absolute Gasteiger partial charge is 0.226 e. The maximum Gasteiger partial charge on any atom is 0.226 e. The number of Topliss-reactive ketones (excluding diaryl/α,β-unsaturated/α-hetero) is 1. The monoisotopic (exact) mass is 301 g/mol. The first-order valence-corrected chi connectivity index (χ1v) is 8.14. The highest BCUT2D eigenvalue weighted by atomic mass is 16.2. The van der Waals surface area contributed by atoms with Crippen LogP contribution in [0.2, 0.25) is 0 Å². The van der Waals surface area contributed by atoms with Gasteiger partial charge in [0.15, 0.2) is 0 Å². The van der Waals surface area contributed by atoms with Gasteiger partial charge in [0.2, 0.25) is 5.91 Å². The Hall–Kier alpha value is -1.91. The molecule has 22 heavy (non-hydrogen) atoms. The fraction of sp³-hybridized carbons (Fsp3) is 0.588. The van der Waals surface area contributed by atoms with Gasteiger partial charge in [0.25, 0.3) is 0 Å². The second-order valence-electron chi connectivity index (χ2n) is 6.33. The summed E-state index contributed by atoms with van der Waals surface area (Å²) in [7, 11) is 0. The Morgan fingerprint density at radius 1 is 1.45 bits per heavy atom. The molecule has 3 heterocycles. The first-order valence-electron chi connectivity index (χ1n) is 8.14. The van der Waals surface area contributed by atoms with Crippen LogP contribution in [0.15, 0.2) is 12.1 Å². The van der Waals surface area contributed by atoms with Gasteiger partial charge in [-0.3, -0.25) is 9.59 Å². The van der Waals surface area contributed by atoms with E-state index in [4.69, 9.17) is 0 Å². The van der Waals surface area contributed by atoms with Crippen molar-refractivity contribution in [1.29, 1.82) is 0 Å². The van der Waals surface area contributed by atoms with E-state index < -0.39 is 0 Å². The van der Waals surface area contributed by atoms with Gasteiger partial charge in [-0.05, 0) is 50.7 Å². The number of hydrogen-bond acceptors (Lipinski definition) is 4. The van der Waals surface area contributed by atoms with Gasteiger partial charge in [-0.1, -0.05) is 6.07 Å². The van der Waals surface area contributed by atoms with Gasteiger partial charge >= 0.3 is 0 Å². The summed E-state index contributed by atoms with van der Waals surface area (Å²) in [5.41, 5.74) is 2.34. The fourth-order valence-electron chi connectivity index (χ4n) is 3.33. The normalized spacial score (nSPS) is 20.7. The highest BCUT2D eigenvalue weighted by molar-refractivity contribution is 5.87. The first kappa shape index (κ1) is 15.0. The summed E-state index contributed by atoms with van der Waals surface area (Å²) in [6.07, 6.45) is 4.75. The van der Waals surface area contributed by atoms with Crippen molar-refractivity contribution in [3.8, 4) is 0 Å². The summed E-state index contributed by atoms with van der Waals surface area (Å²) in [4.78, 5) is 29.8. The molecule has 118 valence electrons. The Labute approximate surface area is 131 Å². The average molecular weight is 301 g/mol. The van der Waals surface area contributed by atoms with Crippen LogP contribution in [-0.4, -0.2) is 41.2 Å². The number of hydrogen-bond donors (Lipinski definition) is 1. The minimum absolute atomic E-state index is 0.0464. The van der Waals surface area contributed by atoms with Gasteiger partial charge in [0, 0.05) is 24.7 Å². The van der Waals surface area contributed by atoms with Crippen molar-refractivity contribution in [3.63, 3.8) is 0 Å². The predicted molar refractivity (Wildman–Crippen MR) is 84.7 cm³/mol. The molecule has 1 aromatic rings. The van der Waals surface area contributed by atoms with Crippen LogP contribution in [0.4, 0.5) is 5.82 Å². The number of carbonyl (C=O) groups is 2. The molecule has 1 N–H and O–H groups in total. The van der Waals surface area contributed by atoms with E-state index in [0.29, 0.717) is 6.54 Å². The third kappa shape index (κ3) is 3.29. The Kier molecular flexibility index (Phi) is 4.41. The van der Waals surface area contributed by atoms with Crippen LogP contribution in [0, 0.1) is 5.92 Å². The second-order valence-corrected chi connectivity index (χ2v) is 6.33. The van der Waals surface area contributed by atoms with Crippen molar-refractivity contribution in [2.45, 2.75) is 39.0 Å². The molecule has 0 aliphatic carbocycles. The number of nitrogens with zero attached hydrogens (tertiary/aromatic N) is 2. The van der Waals surface area contributed by atoms with Gasteiger partial charge in [-0.25, -0.2) is 4.98 Å². The number of amides is 1. The molecule has 1 saturated heterocycles. The molecule has 0 saturated carbocycles. The molecule has 0 unspecified atom stereocenters. The first-order chi connectivity index (χ1) is 10.6. The molecule has 0 bridgehead atoms. The topological polar surface area (TPSA) is 62.3 Å². The number of likely N-dealkylation sites (tertiary alicyclic amines) is 1. The third-order valence-corrected chi connectivity index (χ3v) is 4.52. The van der Waals surface area contributed by atoms with E-state index >= 15 is 0 Å². The second kappa shape index (κ2) is 6.46. The lowest BCUT2D eigenvalue weighted by molar-refractivity contribution is -0.134. The van der Waals surface area contributed by atoms with E-state index in [-0.39, 0.29) is 24.2 Å². The molecule has 2 aliphatic rings.